The lowest BCUT2D eigenvalue weighted by atomic mass is 9.98. The second-order valence-electron chi connectivity index (χ2n) is 7.87. The number of Topliss-reactive ketones (excluding diaryl/α,β-unsaturated/α-hetero) is 1. The number of hydrogen-bond acceptors (Lipinski definition) is 7. The van der Waals surface area contributed by atoms with Gasteiger partial charge in [-0.3, -0.25) is 19.6 Å². The molecule has 0 spiro atoms. The van der Waals surface area contributed by atoms with Gasteiger partial charge >= 0.3 is 0 Å². The molecule has 3 aliphatic rings. The SMILES string of the molecule is Cc1cc2c(c3c1C(=O)/C(=C/c1ccncc1)O3)CN(CCN1CCOCC1)CO2. The van der Waals surface area contributed by atoms with Crippen LogP contribution in [0.2, 0.25) is 0 Å². The summed E-state index contributed by atoms with van der Waals surface area (Å²) in [6.07, 6.45) is 5.17. The normalized spacial score (nSPS) is 20.6. The van der Waals surface area contributed by atoms with Crippen LogP contribution < -0.4 is 9.47 Å². The molecule has 0 saturated carbocycles. The molecule has 156 valence electrons. The first-order valence-corrected chi connectivity index (χ1v) is 10.3. The number of fused-ring (bicyclic) bond motifs is 3. The molecule has 7 nitrogen and oxygen atoms in total. The Morgan fingerprint density at radius 2 is 1.90 bits per heavy atom. The summed E-state index contributed by atoms with van der Waals surface area (Å²) in [4.78, 5) is 21.7. The summed E-state index contributed by atoms with van der Waals surface area (Å²) in [7, 11) is 0. The van der Waals surface area contributed by atoms with E-state index in [1.807, 2.05) is 25.1 Å². The Labute approximate surface area is 175 Å². The van der Waals surface area contributed by atoms with Crippen molar-refractivity contribution in [2.75, 3.05) is 46.1 Å². The van der Waals surface area contributed by atoms with Crippen LogP contribution in [0.15, 0.2) is 36.4 Å². The lowest BCUT2D eigenvalue weighted by molar-refractivity contribution is 0.0239. The van der Waals surface area contributed by atoms with E-state index in [0.29, 0.717) is 30.3 Å². The van der Waals surface area contributed by atoms with Crippen LogP contribution >= 0.6 is 0 Å². The van der Waals surface area contributed by atoms with E-state index in [1.165, 1.54) is 0 Å². The Morgan fingerprint density at radius 1 is 1.13 bits per heavy atom. The first kappa shape index (κ1) is 19.2. The predicted molar refractivity (Wildman–Crippen MR) is 112 cm³/mol. The van der Waals surface area contributed by atoms with Crippen molar-refractivity contribution in [2.24, 2.45) is 0 Å². The Balaban J connectivity index is 1.37. The zero-order valence-electron chi connectivity index (χ0n) is 17.1. The molecule has 0 atom stereocenters. The lowest BCUT2D eigenvalue weighted by Gasteiger charge is -2.33. The van der Waals surface area contributed by atoms with Crippen LogP contribution in [-0.4, -0.2) is 66.7 Å². The molecule has 1 aromatic heterocycles. The number of ketones is 1. The number of morpholine rings is 1. The monoisotopic (exact) mass is 407 g/mol. The molecule has 1 aromatic carbocycles. The molecule has 0 amide bonds. The van der Waals surface area contributed by atoms with Gasteiger partial charge in [-0.2, -0.15) is 0 Å². The van der Waals surface area contributed by atoms with Gasteiger partial charge < -0.3 is 14.2 Å². The van der Waals surface area contributed by atoms with E-state index >= 15 is 0 Å². The third kappa shape index (κ3) is 3.71. The van der Waals surface area contributed by atoms with E-state index in [4.69, 9.17) is 14.2 Å². The highest BCUT2D eigenvalue weighted by molar-refractivity contribution is 6.15. The summed E-state index contributed by atoms with van der Waals surface area (Å²) < 4.78 is 17.6. The van der Waals surface area contributed by atoms with Crippen molar-refractivity contribution in [3.05, 3.63) is 58.6 Å². The number of hydrogen-bond donors (Lipinski definition) is 0. The quantitative estimate of drug-likeness (QED) is 0.722. The van der Waals surface area contributed by atoms with Gasteiger partial charge in [-0.15, -0.1) is 0 Å². The molecule has 7 heteroatoms. The number of ether oxygens (including phenoxy) is 3. The van der Waals surface area contributed by atoms with E-state index in [-0.39, 0.29) is 5.78 Å². The number of carbonyl (C=O) groups is 1. The average molecular weight is 407 g/mol. The molecule has 1 fully saturated rings. The molecule has 0 radical (unpaired) electrons. The Bertz CT molecular complexity index is 984. The molecule has 5 rings (SSSR count). The van der Waals surface area contributed by atoms with Crippen LogP contribution in [0, 0.1) is 6.92 Å². The molecule has 1 saturated heterocycles. The van der Waals surface area contributed by atoms with Crippen molar-refractivity contribution in [1.29, 1.82) is 0 Å². The summed E-state index contributed by atoms with van der Waals surface area (Å²) in [6, 6.07) is 5.67. The third-order valence-corrected chi connectivity index (χ3v) is 5.83. The number of rotatable bonds is 4. The molecule has 3 aliphatic heterocycles. The van der Waals surface area contributed by atoms with Gasteiger partial charge in [0.2, 0.25) is 5.78 Å². The van der Waals surface area contributed by atoms with E-state index in [2.05, 4.69) is 14.8 Å². The predicted octanol–water partition coefficient (Wildman–Crippen LogP) is 2.49. The van der Waals surface area contributed by atoms with Crippen LogP contribution in [0.4, 0.5) is 0 Å². The summed E-state index contributed by atoms with van der Waals surface area (Å²) in [5.41, 5.74) is 3.37. The zero-order chi connectivity index (χ0) is 20.5. The maximum atomic E-state index is 13.0. The van der Waals surface area contributed by atoms with Gasteiger partial charge in [0.05, 0.1) is 24.3 Å². The standard InChI is InChI=1S/C23H25N3O4/c1-16-12-19-18(14-26(15-29-19)7-6-25-8-10-28-11-9-25)23-21(16)22(27)20(30-23)13-17-2-4-24-5-3-17/h2-5,12-13H,6-11,14-15H2,1H3/b20-13-. The Hall–Kier alpha value is -2.74. The molecule has 2 aromatic rings. The number of allylic oxidation sites excluding steroid dienone is 1. The van der Waals surface area contributed by atoms with Gasteiger partial charge in [0.15, 0.2) is 5.76 Å². The van der Waals surface area contributed by atoms with Crippen LogP contribution in [0.25, 0.3) is 6.08 Å². The molecular formula is C23H25N3O4. The van der Waals surface area contributed by atoms with Crippen LogP contribution in [0.5, 0.6) is 11.5 Å². The maximum absolute atomic E-state index is 13.0. The number of aromatic nitrogens is 1. The topological polar surface area (TPSA) is 64.1 Å². The Kier molecular flexibility index (Phi) is 5.25. The Morgan fingerprint density at radius 3 is 2.70 bits per heavy atom. The van der Waals surface area contributed by atoms with Gasteiger partial charge in [0, 0.05) is 45.1 Å². The van der Waals surface area contributed by atoms with E-state index in [0.717, 1.165) is 61.8 Å². The molecule has 0 N–H and O–H groups in total. The van der Waals surface area contributed by atoms with Gasteiger partial charge in [-0.05, 0) is 42.3 Å². The van der Waals surface area contributed by atoms with Crippen LogP contribution in [0.1, 0.15) is 27.0 Å². The van der Waals surface area contributed by atoms with E-state index in [1.54, 1.807) is 18.5 Å². The molecule has 0 bridgehead atoms. The minimum Gasteiger partial charge on any atom is -0.478 e. The van der Waals surface area contributed by atoms with Crippen molar-refractivity contribution < 1.29 is 19.0 Å². The molecular weight excluding hydrogens is 382 g/mol. The highest BCUT2D eigenvalue weighted by Gasteiger charge is 2.35. The summed E-state index contributed by atoms with van der Waals surface area (Å²) in [5, 5.41) is 0. The maximum Gasteiger partial charge on any atom is 0.232 e. The fourth-order valence-electron chi connectivity index (χ4n) is 4.14. The molecule has 30 heavy (non-hydrogen) atoms. The van der Waals surface area contributed by atoms with Gasteiger partial charge in [-0.1, -0.05) is 0 Å². The number of benzene rings is 1. The largest absolute Gasteiger partial charge is 0.478 e. The fourth-order valence-corrected chi connectivity index (χ4v) is 4.14. The minimum absolute atomic E-state index is 0.0763. The van der Waals surface area contributed by atoms with Gasteiger partial charge in [-0.25, -0.2) is 0 Å². The first-order chi connectivity index (χ1) is 14.7. The smallest absolute Gasteiger partial charge is 0.232 e. The summed E-state index contributed by atoms with van der Waals surface area (Å²) in [6.45, 7) is 8.61. The van der Waals surface area contributed by atoms with Crippen molar-refractivity contribution >= 4 is 11.9 Å². The second kappa shape index (κ2) is 8.18. The highest BCUT2D eigenvalue weighted by atomic mass is 16.5. The third-order valence-electron chi connectivity index (χ3n) is 5.83. The minimum atomic E-state index is -0.0763. The van der Waals surface area contributed by atoms with Crippen molar-refractivity contribution in [1.82, 2.24) is 14.8 Å². The number of nitrogens with zero attached hydrogens (tertiary/aromatic N) is 3. The van der Waals surface area contributed by atoms with Gasteiger partial charge in [0.1, 0.15) is 18.2 Å². The fraction of sp³-hybridized carbons (Fsp3) is 0.391. The molecule has 0 unspecified atom stereocenters. The summed E-state index contributed by atoms with van der Waals surface area (Å²) >= 11 is 0. The van der Waals surface area contributed by atoms with Crippen LogP contribution in [0.3, 0.4) is 0 Å². The first-order valence-electron chi connectivity index (χ1n) is 10.3. The van der Waals surface area contributed by atoms with Crippen molar-refractivity contribution in [3.8, 4) is 11.5 Å². The average Bonchev–Trinajstić information content (AvgIpc) is 3.11. The lowest BCUT2D eigenvalue weighted by Crippen LogP contribution is -2.43. The van der Waals surface area contributed by atoms with Gasteiger partial charge in [0.25, 0.3) is 0 Å². The summed E-state index contributed by atoms with van der Waals surface area (Å²) in [5.74, 6) is 1.73. The number of aryl methyl sites for hydroxylation is 1. The van der Waals surface area contributed by atoms with Crippen molar-refractivity contribution in [2.45, 2.75) is 13.5 Å². The zero-order valence-corrected chi connectivity index (χ0v) is 17.1. The van der Waals surface area contributed by atoms with E-state index < -0.39 is 0 Å². The van der Waals surface area contributed by atoms with Crippen molar-refractivity contribution in [3.63, 3.8) is 0 Å². The van der Waals surface area contributed by atoms with E-state index in [9.17, 15) is 4.79 Å². The number of pyridine rings is 1. The number of carbonyl (C=O) groups excluding carboxylic acids is 1. The molecule has 0 aliphatic carbocycles. The highest BCUT2D eigenvalue weighted by Crippen LogP contribution is 2.43. The second-order valence-corrected chi connectivity index (χ2v) is 7.87. The van der Waals surface area contributed by atoms with Crippen LogP contribution in [-0.2, 0) is 11.3 Å². The molecule has 4 heterocycles.